The molecule has 0 unspecified atom stereocenters. The van der Waals surface area contributed by atoms with E-state index in [1.54, 1.807) is 13.8 Å². The van der Waals surface area contributed by atoms with Crippen molar-refractivity contribution >= 4 is 5.78 Å². The van der Waals surface area contributed by atoms with E-state index in [2.05, 4.69) is 0 Å². The van der Waals surface area contributed by atoms with Crippen molar-refractivity contribution in [2.24, 2.45) is 11.8 Å². The number of hydrogen-bond acceptors (Lipinski definition) is 1. The van der Waals surface area contributed by atoms with Crippen molar-refractivity contribution in [2.75, 3.05) is 0 Å². The molecule has 0 N–H and O–H groups in total. The summed E-state index contributed by atoms with van der Waals surface area (Å²) >= 11 is 0. The summed E-state index contributed by atoms with van der Waals surface area (Å²) in [5.74, 6) is -3.80. The van der Waals surface area contributed by atoms with E-state index in [9.17, 15) is 13.6 Å². The van der Waals surface area contributed by atoms with Gasteiger partial charge in [-0.1, -0.05) is 27.7 Å². The van der Waals surface area contributed by atoms with E-state index in [4.69, 9.17) is 0 Å². The SMILES string of the molecule is CC(C)CCC(F)(F)C(=O)CC(C)C. The minimum absolute atomic E-state index is 0.00687. The molecule has 14 heavy (non-hydrogen) atoms. The smallest absolute Gasteiger partial charge is 0.293 e. The molecule has 0 aromatic rings. The van der Waals surface area contributed by atoms with Crippen LogP contribution in [0.3, 0.4) is 0 Å². The zero-order valence-corrected chi connectivity index (χ0v) is 9.44. The molecule has 0 amide bonds. The van der Waals surface area contributed by atoms with Crippen molar-refractivity contribution in [1.82, 2.24) is 0 Å². The Bertz CT molecular complexity index is 186. The van der Waals surface area contributed by atoms with E-state index in [1.807, 2.05) is 13.8 Å². The third kappa shape index (κ3) is 5.30. The molecule has 1 nitrogen and oxygen atoms in total. The average molecular weight is 206 g/mol. The van der Waals surface area contributed by atoms with Crippen LogP contribution in [-0.2, 0) is 4.79 Å². The van der Waals surface area contributed by atoms with E-state index < -0.39 is 11.7 Å². The lowest BCUT2D eigenvalue weighted by Gasteiger charge is -2.17. The summed E-state index contributed by atoms with van der Waals surface area (Å²) in [6.45, 7) is 7.30. The molecule has 3 heteroatoms. The van der Waals surface area contributed by atoms with Gasteiger partial charge in [0.2, 0.25) is 5.78 Å². The van der Waals surface area contributed by atoms with Crippen LogP contribution in [0.4, 0.5) is 8.78 Å². The third-order valence-corrected chi connectivity index (χ3v) is 2.04. The molecule has 0 aliphatic carbocycles. The maximum absolute atomic E-state index is 13.2. The molecule has 0 saturated heterocycles. The number of Topliss-reactive ketones (excluding diaryl/α,β-unsaturated/α-hetero) is 1. The summed E-state index contributed by atoms with van der Waals surface area (Å²) in [4.78, 5) is 11.1. The summed E-state index contributed by atoms with van der Waals surface area (Å²) in [5.41, 5.74) is 0. The molecule has 0 rings (SSSR count). The molecule has 0 saturated carbocycles. The Kier molecular flexibility index (Phi) is 5.24. The highest BCUT2D eigenvalue weighted by Gasteiger charge is 2.37. The predicted octanol–water partition coefficient (Wildman–Crippen LogP) is 3.67. The highest BCUT2D eigenvalue weighted by atomic mass is 19.3. The minimum Gasteiger partial charge on any atom is -0.293 e. The lowest BCUT2D eigenvalue weighted by atomic mass is 9.97. The Hall–Kier alpha value is -0.470. The molecule has 84 valence electrons. The van der Waals surface area contributed by atoms with Gasteiger partial charge in [0.25, 0.3) is 0 Å². The van der Waals surface area contributed by atoms with Crippen LogP contribution in [0.1, 0.15) is 47.0 Å². The van der Waals surface area contributed by atoms with Gasteiger partial charge in [0.15, 0.2) is 0 Å². The van der Waals surface area contributed by atoms with E-state index in [0.717, 1.165) is 0 Å². The Balaban J connectivity index is 4.09. The van der Waals surface area contributed by atoms with Crippen molar-refractivity contribution in [1.29, 1.82) is 0 Å². The number of ketones is 1. The van der Waals surface area contributed by atoms with E-state index in [0.29, 0.717) is 6.42 Å². The maximum atomic E-state index is 13.2. The molecular weight excluding hydrogens is 186 g/mol. The standard InChI is InChI=1S/C11H20F2O/c1-8(2)5-6-11(12,13)10(14)7-9(3)4/h8-9H,5-7H2,1-4H3. The number of hydrogen-bond donors (Lipinski definition) is 0. The normalized spacial score (nSPS) is 12.6. The second-order valence-electron chi connectivity index (χ2n) is 4.66. The summed E-state index contributed by atoms with van der Waals surface area (Å²) in [6.07, 6.45) is 0.0676. The fourth-order valence-electron chi connectivity index (χ4n) is 1.13. The van der Waals surface area contributed by atoms with Crippen LogP contribution in [0.25, 0.3) is 0 Å². The van der Waals surface area contributed by atoms with Gasteiger partial charge in [-0.2, -0.15) is 8.78 Å². The highest BCUT2D eigenvalue weighted by Crippen LogP contribution is 2.26. The fraction of sp³-hybridized carbons (Fsp3) is 0.909. The monoisotopic (exact) mass is 206 g/mol. The molecular formula is C11H20F2O. The Labute approximate surface area is 84.9 Å². The van der Waals surface area contributed by atoms with Crippen molar-refractivity contribution in [3.63, 3.8) is 0 Å². The van der Waals surface area contributed by atoms with Crippen molar-refractivity contribution in [2.45, 2.75) is 52.9 Å². The molecule has 0 fully saturated rings. The molecule has 0 bridgehead atoms. The van der Waals surface area contributed by atoms with Gasteiger partial charge in [-0.05, 0) is 18.3 Å². The Morgan fingerprint density at radius 1 is 1.14 bits per heavy atom. The minimum atomic E-state index is -3.12. The summed E-state index contributed by atoms with van der Waals surface area (Å²) in [5, 5.41) is 0. The zero-order chi connectivity index (χ0) is 11.4. The number of alkyl halides is 2. The van der Waals surface area contributed by atoms with Crippen LogP contribution in [0.15, 0.2) is 0 Å². The Morgan fingerprint density at radius 3 is 2.00 bits per heavy atom. The number of carbonyl (C=O) groups is 1. The predicted molar refractivity (Wildman–Crippen MR) is 53.5 cm³/mol. The summed E-state index contributed by atoms with van der Waals surface area (Å²) < 4.78 is 26.4. The topological polar surface area (TPSA) is 17.1 Å². The van der Waals surface area contributed by atoms with Crippen molar-refractivity contribution < 1.29 is 13.6 Å². The van der Waals surface area contributed by atoms with Crippen molar-refractivity contribution in [3.8, 4) is 0 Å². The first-order valence-corrected chi connectivity index (χ1v) is 5.17. The third-order valence-electron chi connectivity index (χ3n) is 2.04. The molecule has 0 aromatic heterocycles. The van der Waals surface area contributed by atoms with E-state index >= 15 is 0 Å². The molecule has 0 atom stereocenters. The first kappa shape index (κ1) is 13.5. The second-order valence-corrected chi connectivity index (χ2v) is 4.66. The number of rotatable bonds is 6. The van der Waals surface area contributed by atoms with E-state index in [-0.39, 0.29) is 24.7 Å². The first-order valence-electron chi connectivity index (χ1n) is 5.17. The summed E-state index contributed by atoms with van der Waals surface area (Å²) in [7, 11) is 0. The summed E-state index contributed by atoms with van der Waals surface area (Å²) in [6, 6.07) is 0. The largest absolute Gasteiger partial charge is 0.305 e. The molecule has 0 aromatic carbocycles. The van der Waals surface area contributed by atoms with Gasteiger partial charge in [-0.15, -0.1) is 0 Å². The van der Waals surface area contributed by atoms with Crippen LogP contribution in [0.5, 0.6) is 0 Å². The lowest BCUT2D eigenvalue weighted by Crippen LogP contribution is -2.30. The zero-order valence-electron chi connectivity index (χ0n) is 9.44. The van der Waals surface area contributed by atoms with Crippen LogP contribution < -0.4 is 0 Å². The highest BCUT2D eigenvalue weighted by molar-refractivity contribution is 5.85. The second kappa shape index (κ2) is 5.42. The van der Waals surface area contributed by atoms with E-state index in [1.165, 1.54) is 0 Å². The van der Waals surface area contributed by atoms with Crippen LogP contribution in [0.2, 0.25) is 0 Å². The van der Waals surface area contributed by atoms with Crippen LogP contribution in [0, 0.1) is 11.8 Å². The van der Waals surface area contributed by atoms with Crippen LogP contribution >= 0.6 is 0 Å². The quantitative estimate of drug-likeness (QED) is 0.648. The Morgan fingerprint density at radius 2 is 1.64 bits per heavy atom. The van der Waals surface area contributed by atoms with Gasteiger partial charge in [0, 0.05) is 12.8 Å². The van der Waals surface area contributed by atoms with Crippen LogP contribution in [-0.4, -0.2) is 11.7 Å². The van der Waals surface area contributed by atoms with Crippen molar-refractivity contribution in [3.05, 3.63) is 0 Å². The molecule has 0 heterocycles. The van der Waals surface area contributed by atoms with Gasteiger partial charge in [0.05, 0.1) is 0 Å². The van der Waals surface area contributed by atoms with Gasteiger partial charge in [-0.25, -0.2) is 0 Å². The number of halogens is 2. The maximum Gasteiger partial charge on any atom is 0.305 e. The van der Waals surface area contributed by atoms with Gasteiger partial charge >= 0.3 is 5.92 Å². The van der Waals surface area contributed by atoms with Gasteiger partial charge in [0.1, 0.15) is 0 Å². The first-order chi connectivity index (χ1) is 6.25. The van der Waals surface area contributed by atoms with Gasteiger partial charge in [-0.3, -0.25) is 4.79 Å². The number of carbonyl (C=O) groups excluding carboxylic acids is 1. The molecule has 0 aliphatic rings. The van der Waals surface area contributed by atoms with Gasteiger partial charge < -0.3 is 0 Å². The molecule has 0 radical (unpaired) electrons. The lowest BCUT2D eigenvalue weighted by molar-refractivity contribution is -0.145. The fourth-order valence-corrected chi connectivity index (χ4v) is 1.13. The average Bonchev–Trinajstić information content (AvgIpc) is 1.99. The molecule has 0 spiro atoms. The molecule has 0 aliphatic heterocycles.